The molecule has 2 aromatic heterocycles. The summed E-state index contributed by atoms with van der Waals surface area (Å²) in [6.07, 6.45) is 4.09. The highest BCUT2D eigenvalue weighted by Gasteiger charge is 2.30. The van der Waals surface area contributed by atoms with Crippen molar-refractivity contribution in [3.8, 4) is 5.95 Å². The van der Waals surface area contributed by atoms with E-state index >= 15 is 0 Å². The van der Waals surface area contributed by atoms with Crippen LogP contribution < -0.4 is 10.2 Å². The first kappa shape index (κ1) is 18.9. The fraction of sp³-hybridized carbons (Fsp3) is 0.263. The number of hydrogen-bond donors (Lipinski definition) is 1. The standard InChI is InChI=1S/C19H17F3N6O/c20-19(21,22)14-5-3-4-13(8-14)17(29)26-15-9-25-28(12-15)18-23-10-16(11-24-18)27-6-1-2-7-27/h3-5,8-12H,1-2,6-7H2,(H,26,29). The van der Waals surface area contributed by atoms with Gasteiger partial charge in [-0.05, 0) is 31.0 Å². The molecule has 0 unspecified atom stereocenters. The van der Waals surface area contributed by atoms with E-state index in [1.54, 1.807) is 12.4 Å². The molecule has 1 aromatic carbocycles. The third kappa shape index (κ3) is 4.20. The van der Waals surface area contributed by atoms with Gasteiger partial charge in [0.05, 0.1) is 41.7 Å². The molecule has 150 valence electrons. The van der Waals surface area contributed by atoms with Gasteiger partial charge in [0.2, 0.25) is 0 Å². The van der Waals surface area contributed by atoms with Gasteiger partial charge in [0, 0.05) is 18.7 Å². The van der Waals surface area contributed by atoms with Crippen molar-refractivity contribution in [2.24, 2.45) is 0 Å². The van der Waals surface area contributed by atoms with Crippen molar-refractivity contribution in [1.29, 1.82) is 0 Å². The van der Waals surface area contributed by atoms with Gasteiger partial charge in [0.1, 0.15) is 0 Å². The third-order valence-electron chi connectivity index (χ3n) is 4.59. The van der Waals surface area contributed by atoms with Crippen LogP contribution in [0, 0.1) is 0 Å². The Kier molecular flexibility index (Phi) is 4.91. The van der Waals surface area contributed by atoms with E-state index in [0.717, 1.165) is 43.8 Å². The Morgan fingerprint density at radius 2 is 1.79 bits per heavy atom. The van der Waals surface area contributed by atoms with Crippen molar-refractivity contribution in [2.75, 3.05) is 23.3 Å². The van der Waals surface area contributed by atoms with E-state index < -0.39 is 17.6 Å². The molecular formula is C19H17F3N6O. The van der Waals surface area contributed by atoms with Gasteiger partial charge in [-0.25, -0.2) is 14.6 Å². The smallest absolute Gasteiger partial charge is 0.369 e. The number of rotatable bonds is 4. The summed E-state index contributed by atoms with van der Waals surface area (Å²) in [5, 5.41) is 6.63. The van der Waals surface area contributed by atoms with Gasteiger partial charge in [-0.3, -0.25) is 4.79 Å². The predicted molar refractivity (Wildman–Crippen MR) is 100.0 cm³/mol. The molecule has 29 heavy (non-hydrogen) atoms. The van der Waals surface area contributed by atoms with Crippen molar-refractivity contribution in [3.63, 3.8) is 0 Å². The van der Waals surface area contributed by atoms with Crippen LogP contribution in [0.2, 0.25) is 0 Å². The molecule has 0 aliphatic carbocycles. The Labute approximate surface area is 164 Å². The number of amides is 1. The molecule has 3 heterocycles. The summed E-state index contributed by atoms with van der Waals surface area (Å²) < 4.78 is 39.8. The van der Waals surface area contributed by atoms with E-state index in [4.69, 9.17) is 0 Å². The van der Waals surface area contributed by atoms with E-state index in [1.807, 2.05) is 0 Å². The molecular weight excluding hydrogens is 385 g/mol. The number of carbonyl (C=O) groups is 1. The number of benzene rings is 1. The topological polar surface area (TPSA) is 75.9 Å². The van der Waals surface area contributed by atoms with Gasteiger partial charge in [-0.2, -0.15) is 18.3 Å². The highest BCUT2D eigenvalue weighted by molar-refractivity contribution is 6.04. The molecule has 4 rings (SSSR count). The minimum Gasteiger partial charge on any atom is -0.369 e. The number of hydrogen-bond acceptors (Lipinski definition) is 5. The first-order valence-electron chi connectivity index (χ1n) is 9.01. The predicted octanol–water partition coefficient (Wildman–Crippen LogP) is 3.53. The average Bonchev–Trinajstić information content (AvgIpc) is 3.40. The average molecular weight is 402 g/mol. The summed E-state index contributed by atoms with van der Waals surface area (Å²) in [6, 6.07) is 4.23. The second kappa shape index (κ2) is 7.53. The molecule has 0 bridgehead atoms. The summed E-state index contributed by atoms with van der Waals surface area (Å²) in [4.78, 5) is 23.1. The monoisotopic (exact) mass is 402 g/mol. The van der Waals surface area contributed by atoms with Gasteiger partial charge < -0.3 is 10.2 Å². The lowest BCUT2D eigenvalue weighted by Crippen LogP contribution is -2.18. The lowest BCUT2D eigenvalue weighted by atomic mass is 10.1. The van der Waals surface area contributed by atoms with Crippen molar-refractivity contribution in [1.82, 2.24) is 19.7 Å². The highest BCUT2D eigenvalue weighted by atomic mass is 19.4. The van der Waals surface area contributed by atoms with E-state index in [-0.39, 0.29) is 5.56 Å². The Balaban J connectivity index is 1.46. The summed E-state index contributed by atoms with van der Waals surface area (Å²) in [6.45, 7) is 1.96. The van der Waals surface area contributed by atoms with E-state index in [2.05, 4.69) is 25.3 Å². The Hall–Kier alpha value is -3.43. The van der Waals surface area contributed by atoms with Crippen molar-refractivity contribution >= 4 is 17.3 Å². The summed E-state index contributed by atoms with van der Waals surface area (Å²) in [5.41, 5.74) is 0.280. The number of alkyl halides is 3. The zero-order valence-corrected chi connectivity index (χ0v) is 15.2. The van der Waals surface area contributed by atoms with Gasteiger partial charge >= 0.3 is 6.18 Å². The zero-order chi connectivity index (χ0) is 20.4. The third-order valence-corrected chi connectivity index (χ3v) is 4.59. The van der Waals surface area contributed by atoms with Crippen molar-refractivity contribution in [2.45, 2.75) is 19.0 Å². The van der Waals surface area contributed by atoms with E-state index in [9.17, 15) is 18.0 Å². The fourth-order valence-electron chi connectivity index (χ4n) is 3.11. The molecule has 10 heteroatoms. The maximum atomic E-state index is 12.8. The summed E-state index contributed by atoms with van der Waals surface area (Å²) in [7, 11) is 0. The van der Waals surface area contributed by atoms with Crippen LogP contribution in [0.1, 0.15) is 28.8 Å². The first-order chi connectivity index (χ1) is 13.9. The quantitative estimate of drug-likeness (QED) is 0.723. The minimum atomic E-state index is -4.51. The molecule has 1 N–H and O–H groups in total. The molecule has 1 fully saturated rings. The molecule has 0 atom stereocenters. The minimum absolute atomic E-state index is 0.0983. The van der Waals surface area contributed by atoms with Crippen LogP contribution in [-0.4, -0.2) is 38.7 Å². The van der Waals surface area contributed by atoms with Crippen LogP contribution in [0.15, 0.2) is 49.1 Å². The fourth-order valence-corrected chi connectivity index (χ4v) is 3.11. The molecule has 0 spiro atoms. The van der Waals surface area contributed by atoms with Crippen LogP contribution in [0.3, 0.4) is 0 Å². The van der Waals surface area contributed by atoms with E-state index in [1.165, 1.54) is 29.2 Å². The van der Waals surface area contributed by atoms with Gasteiger partial charge in [0.15, 0.2) is 0 Å². The van der Waals surface area contributed by atoms with Crippen molar-refractivity contribution in [3.05, 3.63) is 60.2 Å². The number of aromatic nitrogens is 4. The molecule has 0 radical (unpaired) electrons. The molecule has 1 aliphatic heterocycles. The molecule has 1 saturated heterocycles. The molecule has 0 saturated carbocycles. The van der Waals surface area contributed by atoms with Crippen LogP contribution >= 0.6 is 0 Å². The zero-order valence-electron chi connectivity index (χ0n) is 15.2. The maximum absolute atomic E-state index is 12.8. The maximum Gasteiger partial charge on any atom is 0.416 e. The highest BCUT2D eigenvalue weighted by Crippen LogP contribution is 2.29. The van der Waals surface area contributed by atoms with Crippen LogP contribution in [0.5, 0.6) is 0 Å². The lowest BCUT2D eigenvalue weighted by Gasteiger charge is -2.16. The molecule has 1 amide bonds. The molecule has 1 aliphatic rings. The van der Waals surface area contributed by atoms with Gasteiger partial charge in [-0.15, -0.1) is 0 Å². The second-order valence-corrected chi connectivity index (χ2v) is 6.64. The number of anilines is 2. The molecule has 7 nitrogen and oxygen atoms in total. The van der Waals surface area contributed by atoms with Crippen molar-refractivity contribution < 1.29 is 18.0 Å². The number of nitrogens with zero attached hydrogens (tertiary/aromatic N) is 5. The number of carbonyl (C=O) groups excluding carboxylic acids is 1. The summed E-state index contributed by atoms with van der Waals surface area (Å²) in [5.74, 6) is -0.339. The van der Waals surface area contributed by atoms with Gasteiger partial charge in [0.25, 0.3) is 11.9 Å². The Morgan fingerprint density at radius 1 is 1.07 bits per heavy atom. The van der Waals surface area contributed by atoms with Crippen LogP contribution in [-0.2, 0) is 6.18 Å². The number of nitrogens with one attached hydrogen (secondary N) is 1. The van der Waals surface area contributed by atoms with Crippen LogP contribution in [0.25, 0.3) is 5.95 Å². The number of halogens is 3. The van der Waals surface area contributed by atoms with Gasteiger partial charge in [-0.1, -0.05) is 6.07 Å². The van der Waals surface area contributed by atoms with Crippen LogP contribution in [0.4, 0.5) is 24.5 Å². The second-order valence-electron chi connectivity index (χ2n) is 6.64. The lowest BCUT2D eigenvalue weighted by molar-refractivity contribution is -0.137. The first-order valence-corrected chi connectivity index (χ1v) is 9.01. The SMILES string of the molecule is O=C(Nc1cnn(-c2ncc(N3CCCC3)cn2)c1)c1cccc(C(F)(F)F)c1. The summed E-state index contributed by atoms with van der Waals surface area (Å²) >= 11 is 0. The Bertz CT molecular complexity index is 1010. The van der Waals surface area contributed by atoms with E-state index in [0.29, 0.717) is 11.6 Å². The Morgan fingerprint density at radius 3 is 2.48 bits per heavy atom. The largest absolute Gasteiger partial charge is 0.416 e. The molecule has 3 aromatic rings. The normalized spacial score (nSPS) is 14.2.